The second kappa shape index (κ2) is 8.59. The van der Waals surface area contributed by atoms with Gasteiger partial charge in [-0.25, -0.2) is 0 Å². The lowest BCUT2D eigenvalue weighted by molar-refractivity contribution is 0.697. The second-order valence-electron chi connectivity index (χ2n) is 6.12. The topological polar surface area (TPSA) is 54.2 Å². The molecule has 1 heterocycles. The molecule has 1 atom stereocenters. The van der Waals surface area contributed by atoms with Crippen LogP contribution in [0.3, 0.4) is 0 Å². The summed E-state index contributed by atoms with van der Waals surface area (Å²) in [5, 5.41) is 12.5. The number of nitrogens with zero attached hydrogens (tertiary/aromatic N) is 3. The van der Waals surface area contributed by atoms with Gasteiger partial charge in [0, 0.05) is 54.4 Å². The molecule has 0 aliphatic carbocycles. The third-order valence-corrected chi connectivity index (χ3v) is 5.04. The van der Waals surface area contributed by atoms with Gasteiger partial charge < -0.3 is 10.6 Å². The van der Waals surface area contributed by atoms with E-state index < -0.39 is 0 Å². The van der Waals surface area contributed by atoms with Gasteiger partial charge in [-0.1, -0.05) is 36.2 Å². The van der Waals surface area contributed by atoms with E-state index in [9.17, 15) is 0 Å². The van der Waals surface area contributed by atoms with Crippen LogP contribution < -0.4 is 10.6 Å². The lowest BCUT2D eigenvalue weighted by Gasteiger charge is -2.18. The van der Waals surface area contributed by atoms with E-state index in [2.05, 4.69) is 34.6 Å². The molecule has 136 valence electrons. The van der Waals surface area contributed by atoms with Gasteiger partial charge in [0.1, 0.15) is 0 Å². The predicted octanol–water partition coefficient (Wildman–Crippen LogP) is 3.81. The molecule has 7 heteroatoms. The standard InChI is InChI=1S/C18H25Cl2N5/c1-11(17-15(19)7-6-8-16(17)20)9-22-18(21-4)23-10-14-12(2)24-25(5)13(14)3/h6-8,11H,9-10H2,1-5H3,(H2,21,22,23). The molecular formula is C18H25Cl2N5. The van der Waals surface area contributed by atoms with Crippen molar-refractivity contribution in [1.29, 1.82) is 0 Å². The highest BCUT2D eigenvalue weighted by Gasteiger charge is 2.15. The highest BCUT2D eigenvalue weighted by atomic mass is 35.5. The molecule has 5 nitrogen and oxygen atoms in total. The van der Waals surface area contributed by atoms with Crippen molar-refractivity contribution in [3.63, 3.8) is 0 Å². The molecule has 25 heavy (non-hydrogen) atoms. The fourth-order valence-electron chi connectivity index (χ4n) is 2.80. The summed E-state index contributed by atoms with van der Waals surface area (Å²) in [4.78, 5) is 4.28. The van der Waals surface area contributed by atoms with Gasteiger partial charge in [-0.2, -0.15) is 5.10 Å². The van der Waals surface area contributed by atoms with Crippen molar-refractivity contribution >= 4 is 29.2 Å². The molecule has 1 aromatic carbocycles. The Morgan fingerprint density at radius 1 is 1.24 bits per heavy atom. The second-order valence-corrected chi connectivity index (χ2v) is 6.93. The van der Waals surface area contributed by atoms with Gasteiger partial charge in [-0.15, -0.1) is 0 Å². The highest BCUT2D eigenvalue weighted by Crippen LogP contribution is 2.30. The first-order valence-corrected chi connectivity index (χ1v) is 8.98. The van der Waals surface area contributed by atoms with Crippen molar-refractivity contribution in [3.8, 4) is 0 Å². The van der Waals surface area contributed by atoms with E-state index in [0.717, 1.165) is 22.9 Å². The van der Waals surface area contributed by atoms with Crippen LogP contribution in [0.4, 0.5) is 0 Å². The first kappa shape index (κ1) is 19.6. The number of halogens is 2. The van der Waals surface area contributed by atoms with Crippen molar-refractivity contribution in [2.24, 2.45) is 12.0 Å². The van der Waals surface area contributed by atoms with Crippen LogP contribution >= 0.6 is 23.2 Å². The molecule has 0 saturated heterocycles. The summed E-state index contributed by atoms with van der Waals surface area (Å²) < 4.78 is 1.89. The highest BCUT2D eigenvalue weighted by molar-refractivity contribution is 6.36. The Hall–Kier alpha value is -1.72. The van der Waals surface area contributed by atoms with E-state index in [1.54, 1.807) is 7.05 Å². The van der Waals surface area contributed by atoms with Gasteiger partial charge in [0.25, 0.3) is 0 Å². The summed E-state index contributed by atoms with van der Waals surface area (Å²) in [5.74, 6) is 0.888. The number of rotatable bonds is 5. The van der Waals surface area contributed by atoms with Gasteiger partial charge in [-0.05, 0) is 31.5 Å². The number of hydrogen-bond acceptors (Lipinski definition) is 2. The molecule has 0 bridgehead atoms. The lowest BCUT2D eigenvalue weighted by Crippen LogP contribution is -2.38. The molecule has 0 radical (unpaired) electrons. The Kier molecular flexibility index (Phi) is 6.73. The maximum Gasteiger partial charge on any atom is 0.191 e. The Morgan fingerprint density at radius 3 is 2.40 bits per heavy atom. The summed E-state index contributed by atoms with van der Waals surface area (Å²) >= 11 is 12.6. The van der Waals surface area contributed by atoms with Crippen LogP contribution in [0, 0.1) is 13.8 Å². The number of benzene rings is 1. The van der Waals surface area contributed by atoms with Crippen molar-refractivity contribution in [2.45, 2.75) is 33.2 Å². The van der Waals surface area contributed by atoms with Crippen LogP contribution in [0.5, 0.6) is 0 Å². The minimum atomic E-state index is 0.154. The average molecular weight is 382 g/mol. The SMILES string of the molecule is CN=C(NCc1c(C)nn(C)c1C)NCC(C)c1c(Cl)cccc1Cl. The average Bonchev–Trinajstić information content (AvgIpc) is 2.80. The normalized spacial score (nSPS) is 13.0. The molecule has 1 aromatic heterocycles. The molecule has 0 amide bonds. The third-order valence-electron chi connectivity index (χ3n) is 4.38. The van der Waals surface area contributed by atoms with Crippen molar-refractivity contribution < 1.29 is 0 Å². The van der Waals surface area contributed by atoms with Crippen molar-refractivity contribution in [3.05, 3.63) is 50.8 Å². The zero-order valence-electron chi connectivity index (χ0n) is 15.3. The fraction of sp³-hybridized carbons (Fsp3) is 0.444. The number of aryl methyl sites for hydroxylation is 2. The first-order valence-electron chi connectivity index (χ1n) is 8.22. The first-order chi connectivity index (χ1) is 11.8. The zero-order chi connectivity index (χ0) is 18.6. The molecular weight excluding hydrogens is 357 g/mol. The number of hydrogen-bond donors (Lipinski definition) is 2. The molecule has 0 aliphatic heterocycles. The van der Waals surface area contributed by atoms with Gasteiger partial charge in [0.15, 0.2) is 5.96 Å². The lowest BCUT2D eigenvalue weighted by atomic mass is 10.0. The molecule has 1 unspecified atom stereocenters. The Bertz CT molecular complexity index is 747. The van der Waals surface area contributed by atoms with Crippen LogP contribution in [-0.2, 0) is 13.6 Å². The molecule has 0 aliphatic rings. The minimum Gasteiger partial charge on any atom is -0.356 e. The molecule has 2 N–H and O–H groups in total. The van der Waals surface area contributed by atoms with E-state index in [4.69, 9.17) is 23.2 Å². The van der Waals surface area contributed by atoms with E-state index in [1.807, 2.05) is 36.9 Å². The van der Waals surface area contributed by atoms with E-state index in [0.29, 0.717) is 23.1 Å². The largest absolute Gasteiger partial charge is 0.356 e. The smallest absolute Gasteiger partial charge is 0.191 e. The summed E-state index contributed by atoms with van der Waals surface area (Å²) in [5.41, 5.74) is 4.32. The van der Waals surface area contributed by atoms with Gasteiger partial charge in [-0.3, -0.25) is 9.67 Å². The number of aliphatic imine (C=N–C) groups is 1. The van der Waals surface area contributed by atoms with Crippen LogP contribution in [0.1, 0.15) is 35.4 Å². The maximum atomic E-state index is 6.28. The quantitative estimate of drug-likeness (QED) is 0.611. The zero-order valence-corrected chi connectivity index (χ0v) is 16.8. The Labute approximate surface area is 159 Å². The molecule has 0 fully saturated rings. The molecule has 2 rings (SSSR count). The predicted molar refractivity (Wildman–Crippen MR) is 106 cm³/mol. The van der Waals surface area contributed by atoms with E-state index in [1.165, 1.54) is 5.56 Å². The van der Waals surface area contributed by atoms with Gasteiger partial charge in [0.2, 0.25) is 0 Å². The van der Waals surface area contributed by atoms with E-state index in [-0.39, 0.29) is 5.92 Å². The van der Waals surface area contributed by atoms with Gasteiger partial charge in [0.05, 0.1) is 5.69 Å². The summed E-state index contributed by atoms with van der Waals surface area (Å²) in [6.07, 6.45) is 0. The monoisotopic (exact) mass is 381 g/mol. The van der Waals surface area contributed by atoms with Crippen LogP contribution in [0.25, 0.3) is 0 Å². The van der Waals surface area contributed by atoms with Crippen LogP contribution in [-0.4, -0.2) is 29.3 Å². The van der Waals surface area contributed by atoms with Gasteiger partial charge >= 0.3 is 0 Å². The minimum absolute atomic E-state index is 0.154. The van der Waals surface area contributed by atoms with E-state index >= 15 is 0 Å². The Morgan fingerprint density at radius 2 is 1.88 bits per heavy atom. The Balaban J connectivity index is 1.96. The van der Waals surface area contributed by atoms with Crippen LogP contribution in [0.15, 0.2) is 23.2 Å². The number of guanidine groups is 1. The summed E-state index contributed by atoms with van der Waals surface area (Å²) in [6, 6.07) is 5.58. The summed E-state index contributed by atoms with van der Waals surface area (Å²) in [7, 11) is 3.71. The fourth-order valence-corrected chi connectivity index (χ4v) is 3.57. The molecule has 0 saturated carbocycles. The molecule has 0 spiro atoms. The number of nitrogens with one attached hydrogen (secondary N) is 2. The third kappa shape index (κ3) is 4.67. The van der Waals surface area contributed by atoms with Crippen molar-refractivity contribution in [1.82, 2.24) is 20.4 Å². The molecule has 2 aromatic rings. The van der Waals surface area contributed by atoms with Crippen LogP contribution in [0.2, 0.25) is 10.0 Å². The van der Waals surface area contributed by atoms with Crippen molar-refractivity contribution in [2.75, 3.05) is 13.6 Å². The maximum absolute atomic E-state index is 6.28. The number of aromatic nitrogens is 2. The summed E-state index contributed by atoms with van der Waals surface area (Å²) in [6.45, 7) is 7.51.